The maximum absolute atomic E-state index is 11.9. The molecule has 32 heavy (non-hydrogen) atoms. The topological polar surface area (TPSA) is 103 Å². The Bertz CT molecular complexity index is 1510. The predicted octanol–water partition coefficient (Wildman–Crippen LogP) is 4.05. The van der Waals surface area contributed by atoms with Crippen LogP contribution in [0.4, 0.5) is 11.5 Å². The van der Waals surface area contributed by atoms with Crippen molar-refractivity contribution in [3.8, 4) is 22.4 Å². The van der Waals surface area contributed by atoms with E-state index in [9.17, 15) is 4.79 Å². The second kappa shape index (κ2) is 7.35. The van der Waals surface area contributed by atoms with Gasteiger partial charge in [0.15, 0.2) is 0 Å². The summed E-state index contributed by atoms with van der Waals surface area (Å²) in [6, 6.07) is 11.6. The monoisotopic (exact) mass is 423 g/mol. The van der Waals surface area contributed by atoms with Crippen LogP contribution in [0.2, 0.25) is 0 Å². The molecule has 0 unspecified atom stereocenters. The van der Waals surface area contributed by atoms with Gasteiger partial charge in [0.25, 0.3) is 5.91 Å². The third kappa shape index (κ3) is 3.09. The average Bonchev–Trinajstić information content (AvgIpc) is 3.37. The van der Waals surface area contributed by atoms with Crippen molar-refractivity contribution in [1.29, 1.82) is 0 Å². The molecular formula is C24H21N7O. The van der Waals surface area contributed by atoms with Crippen LogP contribution < -0.4 is 11.1 Å². The summed E-state index contributed by atoms with van der Waals surface area (Å²) >= 11 is 0. The lowest BCUT2D eigenvalue weighted by atomic mass is 10.00. The molecule has 0 aliphatic heterocycles. The molecule has 158 valence electrons. The number of pyridine rings is 1. The quantitative estimate of drug-likeness (QED) is 0.425. The minimum absolute atomic E-state index is 0.209. The lowest BCUT2D eigenvalue weighted by Crippen LogP contribution is -2.11. The number of rotatable bonds is 4. The first-order valence-corrected chi connectivity index (χ1v) is 10.0. The van der Waals surface area contributed by atoms with E-state index in [1.165, 1.54) is 6.33 Å². The molecule has 5 aromatic rings. The van der Waals surface area contributed by atoms with E-state index in [0.29, 0.717) is 17.1 Å². The van der Waals surface area contributed by atoms with Crippen molar-refractivity contribution in [3.05, 3.63) is 73.5 Å². The van der Waals surface area contributed by atoms with Crippen LogP contribution in [0.3, 0.4) is 0 Å². The smallest absolute Gasteiger partial charge is 0.250 e. The van der Waals surface area contributed by atoms with Gasteiger partial charge < -0.3 is 20.0 Å². The Hall–Kier alpha value is -4.46. The molecule has 0 radical (unpaired) electrons. The number of carbonyl (C=O) groups is 1. The van der Waals surface area contributed by atoms with E-state index in [1.807, 2.05) is 64.8 Å². The van der Waals surface area contributed by atoms with Gasteiger partial charge in [-0.2, -0.15) is 0 Å². The van der Waals surface area contributed by atoms with Crippen molar-refractivity contribution in [1.82, 2.24) is 23.9 Å². The summed E-state index contributed by atoms with van der Waals surface area (Å²) in [5, 5.41) is 3.63. The van der Waals surface area contributed by atoms with Crippen LogP contribution in [0, 0.1) is 0 Å². The van der Waals surface area contributed by atoms with Crippen LogP contribution in [0.1, 0.15) is 6.92 Å². The number of carbonyl (C=O) groups excluding carboxylic acids is 1. The highest BCUT2D eigenvalue weighted by atomic mass is 16.1. The Balaban J connectivity index is 1.72. The van der Waals surface area contributed by atoms with Crippen LogP contribution in [0.5, 0.6) is 0 Å². The van der Waals surface area contributed by atoms with Gasteiger partial charge in [-0.1, -0.05) is 18.7 Å². The number of hydrogen-bond acceptors (Lipinski definition) is 5. The summed E-state index contributed by atoms with van der Waals surface area (Å²) in [4.78, 5) is 25.0. The highest BCUT2D eigenvalue weighted by Crippen LogP contribution is 2.41. The van der Waals surface area contributed by atoms with E-state index in [2.05, 4.69) is 26.8 Å². The Kier molecular flexibility index (Phi) is 4.48. The Morgan fingerprint density at radius 3 is 2.56 bits per heavy atom. The molecule has 0 aliphatic carbocycles. The SMILES string of the molecule is C=C(C)C(=O)Nc1ccc(-c2c(-c3ccc4nccn4c3)c3c(N)ncnc3n2C)cc1. The van der Waals surface area contributed by atoms with Crippen molar-refractivity contribution in [3.63, 3.8) is 0 Å². The summed E-state index contributed by atoms with van der Waals surface area (Å²) in [7, 11) is 1.96. The third-order valence-electron chi connectivity index (χ3n) is 5.48. The largest absolute Gasteiger partial charge is 0.383 e. The highest BCUT2D eigenvalue weighted by molar-refractivity contribution is 6.08. The standard InChI is InChI=1S/C24H21N7O/c1-14(2)24(32)29-17-7-4-15(5-8-17)21-19(16-6-9-18-26-10-11-31(18)12-16)20-22(25)27-13-28-23(20)30(21)3/h4-13H,1H2,2-3H3,(H,29,32)(H2,25,27,28). The van der Waals surface area contributed by atoms with Gasteiger partial charge in [-0.05, 0) is 36.8 Å². The molecule has 8 heteroatoms. The molecule has 1 aromatic carbocycles. The van der Waals surface area contributed by atoms with E-state index >= 15 is 0 Å². The van der Waals surface area contributed by atoms with Crippen molar-refractivity contribution in [2.75, 3.05) is 11.1 Å². The Labute approximate surface area is 184 Å². The molecule has 1 amide bonds. The molecule has 0 spiro atoms. The van der Waals surface area contributed by atoms with Crippen molar-refractivity contribution >= 4 is 34.1 Å². The zero-order valence-electron chi connectivity index (χ0n) is 17.7. The van der Waals surface area contributed by atoms with Crippen LogP contribution in [0.25, 0.3) is 39.1 Å². The molecule has 0 atom stereocenters. The molecule has 0 aliphatic rings. The number of anilines is 2. The fourth-order valence-electron chi connectivity index (χ4n) is 3.91. The zero-order chi connectivity index (χ0) is 22.4. The Morgan fingerprint density at radius 2 is 1.81 bits per heavy atom. The molecule has 4 heterocycles. The van der Waals surface area contributed by atoms with Gasteiger partial charge in [0, 0.05) is 48.0 Å². The zero-order valence-corrected chi connectivity index (χ0v) is 17.7. The number of nitrogen functional groups attached to an aromatic ring is 1. The molecule has 3 N–H and O–H groups in total. The lowest BCUT2D eigenvalue weighted by molar-refractivity contribution is -0.112. The van der Waals surface area contributed by atoms with Gasteiger partial charge in [-0.3, -0.25) is 4.79 Å². The minimum Gasteiger partial charge on any atom is -0.383 e. The van der Waals surface area contributed by atoms with Gasteiger partial charge in [0.05, 0.1) is 11.1 Å². The minimum atomic E-state index is -0.209. The molecule has 4 aromatic heterocycles. The summed E-state index contributed by atoms with van der Waals surface area (Å²) in [6.07, 6.45) is 7.16. The van der Waals surface area contributed by atoms with Crippen molar-refractivity contribution in [2.45, 2.75) is 6.92 Å². The number of nitrogens with two attached hydrogens (primary N) is 1. The molecule has 5 rings (SSSR count). The Morgan fingerprint density at radius 1 is 1.06 bits per heavy atom. The van der Waals surface area contributed by atoms with Crippen LogP contribution >= 0.6 is 0 Å². The molecule has 0 fully saturated rings. The first-order valence-electron chi connectivity index (χ1n) is 10.0. The lowest BCUT2D eigenvalue weighted by Gasteiger charge is -2.11. The summed E-state index contributed by atoms with van der Waals surface area (Å²) < 4.78 is 3.98. The number of imidazole rings is 1. The second-order valence-corrected chi connectivity index (χ2v) is 7.66. The van der Waals surface area contributed by atoms with Crippen LogP contribution in [-0.2, 0) is 11.8 Å². The van der Waals surface area contributed by atoms with E-state index in [-0.39, 0.29) is 5.91 Å². The first-order chi connectivity index (χ1) is 15.4. The number of benzene rings is 1. The first kappa shape index (κ1) is 19.5. The number of amides is 1. The van der Waals surface area contributed by atoms with Gasteiger partial charge in [-0.25, -0.2) is 15.0 Å². The average molecular weight is 423 g/mol. The van der Waals surface area contributed by atoms with E-state index in [1.54, 1.807) is 13.1 Å². The number of aromatic nitrogens is 5. The fraction of sp³-hybridized carbons (Fsp3) is 0.0833. The predicted molar refractivity (Wildman–Crippen MR) is 126 cm³/mol. The van der Waals surface area contributed by atoms with Gasteiger partial charge in [0.1, 0.15) is 23.4 Å². The summed E-state index contributed by atoms with van der Waals surface area (Å²) in [5.74, 6) is 0.211. The molecule has 0 saturated heterocycles. The maximum atomic E-state index is 11.9. The number of nitrogens with zero attached hydrogens (tertiary/aromatic N) is 5. The number of fused-ring (bicyclic) bond motifs is 2. The van der Waals surface area contributed by atoms with Gasteiger partial charge in [-0.15, -0.1) is 0 Å². The molecule has 8 nitrogen and oxygen atoms in total. The maximum Gasteiger partial charge on any atom is 0.250 e. The van der Waals surface area contributed by atoms with E-state index in [0.717, 1.165) is 39.1 Å². The highest BCUT2D eigenvalue weighted by Gasteiger charge is 2.22. The molecule has 0 bridgehead atoms. The van der Waals surface area contributed by atoms with Crippen LogP contribution in [0.15, 0.2) is 73.5 Å². The summed E-state index contributed by atoms with van der Waals surface area (Å²) in [6.45, 7) is 5.35. The van der Waals surface area contributed by atoms with Crippen molar-refractivity contribution < 1.29 is 4.79 Å². The van der Waals surface area contributed by atoms with Crippen LogP contribution in [-0.4, -0.2) is 29.8 Å². The van der Waals surface area contributed by atoms with E-state index in [4.69, 9.17) is 5.73 Å². The van der Waals surface area contributed by atoms with Crippen molar-refractivity contribution in [2.24, 2.45) is 7.05 Å². The molecule has 0 saturated carbocycles. The second-order valence-electron chi connectivity index (χ2n) is 7.66. The van der Waals surface area contributed by atoms with Gasteiger partial charge in [0.2, 0.25) is 0 Å². The number of hydrogen-bond donors (Lipinski definition) is 2. The van der Waals surface area contributed by atoms with Gasteiger partial charge >= 0.3 is 0 Å². The molecular weight excluding hydrogens is 402 g/mol. The third-order valence-corrected chi connectivity index (χ3v) is 5.48. The number of aryl methyl sites for hydroxylation is 1. The van der Waals surface area contributed by atoms with E-state index < -0.39 is 0 Å². The number of nitrogens with one attached hydrogen (secondary N) is 1. The summed E-state index contributed by atoms with van der Waals surface area (Å²) in [5.41, 5.74) is 12.9. The normalized spacial score (nSPS) is 11.2. The fourth-order valence-corrected chi connectivity index (χ4v) is 3.91.